The van der Waals surface area contributed by atoms with Gasteiger partial charge in [0, 0.05) is 0 Å². The van der Waals surface area contributed by atoms with Crippen molar-refractivity contribution in [2.24, 2.45) is 11.8 Å². The van der Waals surface area contributed by atoms with Gasteiger partial charge in [-0.2, -0.15) is 0 Å². The van der Waals surface area contributed by atoms with Crippen LogP contribution in [0.2, 0.25) is 0 Å². The molecule has 0 heterocycles. The zero-order valence-corrected chi connectivity index (χ0v) is 19.3. The normalized spacial score (nSPS) is 12.8. The van der Waals surface area contributed by atoms with E-state index in [0.717, 1.165) is 11.8 Å². The molecule has 1 unspecified atom stereocenters. The minimum atomic E-state index is 1.03. The third kappa shape index (κ3) is 16.2. The van der Waals surface area contributed by atoms with Gasteiger partial charge in [-0.1, -0.05) is 156 Å². The molecule has 0 spiro atoms. The van der Waals surface area contributed by atoms with Gasteiger partial charge in [0.1, 0.15) is 0 Å². The molecule has 0 amide bonds. The highest BCUT2D eigenvalue weighted by Crippen LogP contribution is 2.33. The first-order valence-electron chi connectivity index (χ1n) is 12.8. The van der Waals surface area contributed by atoms with Gasteiger partial charge in [0.25, 0.3) is 0 Å². The van der Waals surface area contributed by atoms with E-state index in [1.807, 2.05) is 0 Å². The molecule has 0 saturated heterocycles. The van der Waals surface area contributed by atoms with Crippen molar-refractivity contribution in [2.75, 3.05) is 0 Å². The van der Waals surface area contributed by atoms with Crippen molar-refractivity contribution in [3.63, 3.8) is 0 Å². The first kappa shape index (κ1) is 26.0. The van der Waals surface area contributed by atoms with Gasteiger partial charge >= 0.3 is 0 Å². The van der Waals surface area contributed by atoms with Crippen LogP contribution in [0.4, 0.5) is 0 Å². The zero-order chi connectivity index (χ0) is 19.3. The second kappa shape index (κ2) is 21.3. The summed E-state index contributed by atoms with van der Waals surface area (Å²) in [4.78, 5) is 0. The molecule has 0 fully saturated rings. The molecule has 0 saturated carbocycles. The lowest BCUT2D eigenvalue weighted by Gasteiger charge is -2.28. The predicted molar refractivity (Wildman–Crippen MR) is 122 cm³/mol. The summed E-state index contributed by atoms with van der Waals surface area (Å²) in [5.41, 5.74) is 0. The Morgan fingerprint density at radius 1 is 0.308 bits per heavy atom. The van der Waals surface area contributed by atoms with Crippen LogP contribution < -0.4 is 0 Å². The van der Waals surface area contributed by atoms with E-state index in [9.17, 15) is 0 Å². The van der Waals surface area contributed by atoms with Gasteiger partial charge in [-0.15, -0.1) is 0 Å². The smallest absolute Gasteiger partial charge is 0.0386 e. The highest BCUT2D eigenvalue weighted by Gasteiger charge is 2.20. The van der Waals surface area contributed by atoms with Crippen molar-refractivity contribution >= 4 is 0 Å². The van der Waals surface area contributed by atoms with Crippen LogP contribution in [0.5, 0.6) is 0 Å². The van der Waals surface area contributed by atoms with Crippen molar-refractivity contribution in [3.8, 4) is 0 Å². The lowest BCUT2D eigenvalue weighted by molar-refractivity contribution is 0.237. The Balaban J connectivity index is 4.44. The molecule has 0 aliphatic carbocycles. The minimum absolute atomic E-state index is 1.03. The van der Waals surface area contributed by atoms with Crippen LogP contribution >= 0.6 is 0 Å². The monoisotopic (exact) mass is 366 g/mol. The maximum absolute atomic E-state index is 2.35. The molecule has 158 valence electrons. The second-order valence-electron chi connectivity index (χ2n) is 8.92. The van der Waals surface area contributed by atoms with Crippen LogP contribution in [0.3, 0.4) is 0 Å². The highest BCUT2D eigenvalue weighted by molar-refractivity contribution is 4.72. The molecule has 0 bridgehead atoms. The molecule has 0 aromatic heterocycles. The summed E-state index contributed by atoms with van der Waals surface area (Å²) in [6.07, 6.45) is 29.2. The molecular formula is C26H54. The fourth-order valence-corrected chi connectivity index (χ4v) is 4.56. The van der Waals surface area contributed by atoms with Gasteiger partial charge in [-0.3, -0.25) is 0 Å². The van der Waals surface area contributed by atoms with Crippen molar-refractivity contribution in [1.29, 1.82) is 0 Å². The summed E-state index contributed by atoms with van der Waals surface area (Å²) < 4.78 is 0. The Hall–Kier alpha value is 0. The first-order valence-corrected chi connectivity index (χ1v) is 12.8. The molecule has 26 heavy (non-hydrogen) atoms. The van der Waals surface area contributed by atoms with Crippen LogP contribution in [0.1, 0.15) is 156 Å². The maximum Gasteiger partial charge on any atom is -0.0386 e. The largest absolute Gasteiger partial charge is 0.0654 e. The Labute approximate surface area is 168 Å². The summed E-state index contributed by atoms with van der Waals surface area (Å²) in [7, 11) is 0. The van der Waals surface area contributed by atoms with Gasteiger partial charge in [0.05, 0.1) is 0 Å². The number of hydrogen-bond donors (Lipinski definition) is 0. The molecular weight excluding hydrogens is 312 g/mol. The van der Waals surface area contributed by atoms with E-state index in [0.29, 0.717) is 0 Å². The fraction of sp³-hybridized carbons (Fsp3) is 1.00. The molecule has 0 N–H and O–H groups in total. The molecule has 0 aliphatic rings. The van der Waals surface area contributed by atoms with Crippen molar-refractivity contribution in [2.45, 2.75) is 156 Å². The van der Waals surface area contributed by atoms with Gasteiger partial charge in [-0.05, 0) is 11.8 Å². The number of unbranched alkanes of at least 4 members (excludes halogenated alkanes) is 12. The fourth-order valence-electron chi connectivity index (χ4n) is 4.56. The van der Waals surface area contributed by atoms with Crippen LogP contribution in [0, 0.1) is 11.8 Å². The van der Waals surface area contributed by atoms with E-state index < -0.39 is 0 Å². The number of hydrogen-bond acceptors (Lipinski definition) is 0. The minimum Gasteiger partial charge on any atom is -0.0654 e. The van der Waals surface area contributed by atoms with Crippen LogP contribution in [0.15, 0.2) is 0 Å². The molecule has 0 nitrogen and oxygen atoms in total. The van der Waals surface area contributed by atoms with E-state index in [1.54, 1.807) is 0 Å². The summed E-state index contributed by atoms with van der Waals surface area (Å²) in [6.45, 7) is 9.37. The molecule has 1 atom stereocenters. The Morgan fingerprint density at radius 2 is 0.538 bits per heavy atom. The molecule has 0 rings (SSSR count). The second-order valence-corrected chi connectivity index (χ2v) is 8.92. The third-order valence-corrected chi connectivity index (χ3v) is 6.38. The van der Waals surface area contributed by atoms with Crippen molar-refractivity contribution in [3.05, 3.63) is 0 Å². The Morgan fingerprint density at radius 3 is 0.923 bits per heavy atom. The summed E-state index contributed by atoms with van der Waals surface area (Å²) >= 11 is 0. The van der Waals surface area contributed by atoms with Crippen molar-refractivity contribution in [1.82, 2.24) is 0 Å². The van der Waals surface area contributed by atoms with Gasteiger partial charge in [-0.25, -0.2) is 0 Å². The summed E-state index contributed by atoms with van der Waals surface area (Å²) in [6, 6.07) is 0. The Kier molecular flexibility index (Phi) is 21.3. The number of rotatable bonds is 21. The molecule has 0 aromatic rings. The van der Waals surface area contributed by atoms with Gasteiger partial charge in [0.15, 0.2) is 0 Å². The molecule has 0 aliphatic heterocycles. The van der Waals surface area contributed by atoms with Gasteiger partial charge < -0.3 is 0 Å². The SMILES string of the molecule is CCCCCCCCC(CCCCCC)C(CCCCC)CCCCC. The van der Waals surface area contributed by atoms with E-state index in [2.05, 4.69) is 27.7 Å². The van der Waals surface area contributed by atoms with E-state index in [4.69, 9.17) is 0 Å². The predicted octanol–water partition coefficient (Wildman–Crippen LogP) is 10.1. The Bertz CT molecular complexity index is 234. The standard InChI is InChI=1S/C26H54/c1-5-9-13-15-16-20-24-26(23-19-14-10-6-2)25(21-17-11-7-3)22-18-12-8-4/h25-26H,5-24H2,1-4H3. The average Bonchev–Trinajstić information content (AvgIpc) is 2.65. The van der Waals surface area contributed by atoms with E-state index >= 15 is 0 Å². The zero-order valence-electron chi connectivity index (χ0n) is 19.3. The first-order chi connectivity index (χ1) is 12.8. The molecule has 0 aromatic carbocycles. The maximum atomic E-state index is 2.35. The average molecular weight is 367 g/mol. The van der Waals surface area contributed by atoms with Crippen LogP contribution in [-0.4, -0.2) is 0 Å². The van der Waals surface area contributed by atoms with Crippen LogP contribution in [-0.2, 0) is 0 Å². The third-order valence-electron chi connectivity index (χ3n) is 6.38. The van der Waals surface area contributed by atoms with Crippen LogP contribution in [0.25, 0.3) is 0 Å². The quantitative estimate of drug-likeness (QED) is 0.177. The van der Waals surface area contributed by atoms with Crippen molar-refractivity contribution < 1.29 is 0 Å². The summed E-state index contributed by atoms with van der Waals surface area (Å²) in [5, 5.41) is 0. The molecule has 0 heteroatoms. The highest BCUT2D eigenvalue weighted by atomic mass is 14.3. The van der Waals surface area contributed by atoms with E-state index in [-0.39, 0.29) is 0 Å². The van der Waals surface area contributed by atoms with Gasteiger partial charge in [0.2, 0.25) is 0 Å². The molecule has 0 radical (unpaired) electrons. The van der Waals surface area contributed by atoms with E-state index in [1.165, 1.54) is 128 Å². The topological polar surface area (TPSA) is 0 Å². The summed E-state index contributed by atoms with van der Waals surface area (Å²) in [5.74, 6) is 2.07. The lowest BCUT2D eigenvalue weighted by atomic mass is 9.78. The lowest BCUT2D eigenvalue weighted by Crippen LogP contribution is -2.16.